The van der Waals surface area contributed by atoms with Crippen LogP contribution in [0.2, 0.25) is 0 Å². The van der Waals surface area contributed by atoms with E-state index in [-0.39, 0.29) is 6.08 Å². The summed E-state index contributed by atoms with van der Waals surface area (Å²) in [6, 6.07) is 0. The van der Waals surface area contributed by atoms with Crippen LogP contribution >= 0.6 is 0 Å². The molecule has 1 atom stereocenters. The molecule has 68 valence electrons. The Morgan fingerprint density at radius 1 is 1.33 bits per heavy atom. The number of rotatable bonds is 0. The van der Waals surface area contributed by atoms with Crippen LogP contribution in [0.1, 0.15) is 0 Å². The van der Waals surface area contributed by atoms with Crippen molar-refractivity contribution in [2.24, 2.45) is 0 Å². The lowest BCUT2D eigenvalue weighted by molar-refractivity contribution is -0.0276. The first-order valence-corrected chi connectivity index (χ1v) is 2.85. The fourth-order valence-corrected chi connectivity index (χ4v) is 0.721. The summed E-state index contributed by atoms with van der Waals surface area (Å²) in [6.45, 7) is 0. The SMILES string of the molecule is OC1=CC(F)(F)C(F)C(F)=C1F. The number of alkyl halides is 3. The molecule has 1 nitrogen and oxygen atoms in total. The van der Waals surface area contributed by atoms with Gasteiger partial charge in [0.2, 0.25) is 6.17 Å². The lowest BCUT2D eigenvalue weighted by Gasteiger charge is -2.20. The highest BCUT2D eigenvalue weighted by Crippen LogP contribution is 2.37. The van der Waals surface area contributed by atoms with Crippen molar-refractivity contribution in [3.8, 4) is 0 Å². The summed E-state index contributed by atoms with van der Waals surface area (Å²) in [5.74, 6) is -10.0. The van der Waals surface area contributed by atoms with E-state index in [0.717, 1.165) is 0 Å². The van der Waals surface area contributed by atoms with Gasteiger partial charge in [0.05, 0.1) is 0 Å². The van der Waals surface area contributed by atoms with Gasteiger partial charge >= 0.3 is 5.92 Å². The minimum atomic E-state index is -4.19. The minimum absolute atomic E-state index is 0.365. The normalized spacial score (nSPS) is 28.8. The van der Waals surface area contributed by atoms with Crippen LogP contribution in [0.4, 0.5) is 22.0 Å². The lowest BCUT2D eigenvalue weighted by atomic mass is 10.1. The van der Waals surface area contributed by atoms with Crippen molar-refractivity contribution in [1.29, 1.82) is 0 Å². The Kier molecular flexibility index (Phi) is 1.85. The number of hydrogen-bond donors (Lipinski definition) is 1. The Morgan fingerprint density at radius 2 is 1.83 bits per heavy atom. The van der Waals surface area contributed by atoms with Gasteiger partial charge in [-0.15, -0.1) is 0 Å². The van der Waals surface area contributed by atoms with E-state index in [2.05, 4.69) is 0 Å². The first-order valence-electron chi connectivity index (χ1n) is 2.85. The third kappa shape index (κ3) is 1.17. The first-order chi connectivity index (χ1) is 5.36. The summed E-state index contributed by atoms with van der Waals surface area (Å²) in [5, 5.41) is 8.34. The van der Waals surface area contributed by atoms with Gasteiger partial charge in [-0.05, 0) is 0 Å². The van der Waals surface area contributed by atoms with Crippen LogP contribution in [0.5, 0.6) is 0 Å². The van der Waals surface area contributed by atoms with Crippen molar-refractivity contribution < 1.29 is 27.1 Å². The number of allylic oxidation sites excluding steroid dienone is 3. The molecule has 6 heteroatoms. The monoisotopic (exact) mass is 186 g/mol. The molecule has 12 heavy (non-hydrogen) atoms. The lowest BCUT2D eigenvalue weighted by Crippen LogP contribution is -2.32. The summed E-state index contributed by atoms with van der Waals surface area (Å²) in [6.07, 6.45) is -3.72. The number of halogens is 5. The Morgan fingerprint density at radius 3 is 2.33 bits per heavy atom. The minimum Gasteiger partial charge on any atom is -0.505 e. The molecule has 0 radical (unpaired) electrons. The average Bonchev–Trinajstić information content (AvgIpc) is 1.97. The molecule has 0 fully saturated rings. The van der Waals surface area contributed by atoms with Crippen molar-refractivity contribution in [2.75, 3.05) is 0 Å². The molecule has 0 saturated heterocycles. The van der Waals surface area contributed by atoms with Crippen LogP contribution < -0.4 is 0 Å². The van der Waals surface area contributed by atoms with Crippen molar-refractivity contribution in [2.45, 2.75) is 12.1 Å². The highest BCUT2D eigenvalue weighted by Gasteiger charge is 2.47. The van der Waals surface area contributed by atoms with E-state index in [1.165, 1.54) is 0 Å². The molecule has 1 rings (SSSR count). The predicted octanol–water partition coefficient (Wildman–Crippen LogP) is 2.57. The fourth-order valence-electron chi connectivity index (χ4n) is 0.721. The van der Waals surface area contributed by atoms with Gasteiger partial charge < -0.3 is 5.11 Å². The third-order valence-electron chi connectivity index (χ3n) is 1.32. The number of hydrogen-bond acceptors (Lipinski definition) is 1. The molecule has 0 amide bonds. The quantitative estimate of drug-likeness (QED) is 0.576. The molecule has 0 saturated carbocycles. The van der Waals surface area contributed by atoms with E-state index in [1.807, 2.05) is 0 Å². The van der Waals surface area contributed by atoms with Crippen LogP contribution in [0, 0.1) is 0 Å². The first kappa shape index (κ1) is 9.02. The van der Waals surface area contributed by atoms with Crippen LogP contribution in [0.25, 0.3) is 0 Å². The second kappa shape index (κ2) is 2.46. The Hall–Kier alpha value is -1.07. The van der Waals surface area contributed by atoms with Crippen molar-refractivity contribution in [1.82, 2.24) is 0 Å². The molecule has 1 N–H and O–H groups in total. The van der Waals surface area contributed by atoms with Crippen LogP contribution in [-0.2, 0) is 0 Å². The van der Waals surface area contributed by atoms with E-state index < -0.39 is 29.5 Å². The molecule has 0 aromatic carbocycles. The van der Waals surface area contributed by atoms with Crippen molar-refractivity contribution in [3.05, 3.63) is 23.5 Å². The van der Waals surface area contributed by atoms with Gasteiger partial charge in [0.15, 0.2) is 17.4 Å². The second-order valence-corrected chi connectivity index (χ2v) is 2.23. The summed E-state index contributed by atoms with van der Waals surface area (Å²) in [4.78, 5) is 0. The molecule has 0 aliphatic heterocycles. The molecular weight excluding hydrogens is 183 g/mol. The average molecular weight is 186 g/mol. The zero-order chi connectivity index (χ0) is 9.52. The smallest absolute Gasteiger partial charge is 0.307 e. The molecular formula is C6H3F5O. The molecule has 1 unspecified atom stereocenters. The van der Waals surface area contributed by atoms with Crippen LogP contribution in [0.15, 0.2) is 23.5 Å². The molecule has 1 aliphatic carbocycles. The maximum Gasteiger partial charge on any atom is 0.307 e. The van der Waals surface area contributed by atoms with E-state index in [1.54, 1.807) is 0 Å². The summed E-state index contributed by atoms with van der Waals surface area (Å²) in [7, 11) is 0. The summed E-state index contributed by atoms with van der Waals surface area (Å²) < 4.78 is 61.0. The highest BCUT2D eigenvalue weighted by molar-refractivity contribution is 5.32. The summed E-state index contributed by atoms with van der Waals surface area (Å²) >= 11 is 0. The molecule has 1 aliphatic rings. The van der Waals surface area contributed by atoms with Gasteiger partial charge in [0, 0.05) is 6.08 Å². The van der Waals surface area contributed by atoms with E-state index in [0.29, 0.717) is 0 Å². The predicted molar refractivity (Wildman–Crippen MR) is 29.8 cm³/mol. The van der Waals surface area contributed by atoms with Gasteiger partial charge in [0.1, 0.15) is 0 Å². The Labute approximate surface area is 63.8 Å². The largest absolute Gasteiger partial charge is 0.505 e. The third-order valence-corrected chi connectivity index (χ3v) is 1.32. The zero-order valence-electron chi connectivity index (χ0n) is 5.49. The molecule has 0 spiro atoms. The second-order valence-electron chi connectivity index (χ2n) is 2.23. The Bertz CT molecular complexity index is 267. The molecule has 0 aromatic rings. The topological polar surface area (TPSA) is 20.2 Å². The van der Waals surface area contributed by atoms with E-state index in [4.69, 9.17) is 5.11 Å². The van der Waals surface area contributed by atoms with Crippen LogP contribution in [-0.4, -0.2) is 17.2 Å². The highest BCUT2D eigenvalue weighted by atomic mass is 19.3. The van der Waals surface area contributed by atoms with Gasteiger partial charge in [0.25, 0.3) is 0 Å². The zero-order valence-corrected chi connectivity index (χ0v) is 5.49. The Balaban J connectivity index is 3.15. The van der Waals surface area contributed by atoms with Crippen molar-refractivity contribution >= 4 is 0 Å². The standard InChI is InChI=1S/C6H3F5O/c7-3-2(12)1-6(10,11)5(9)4(3)8/h1,5,12H. The van der Waals surface area contributed by atoms with Gasteiger partial charge in [-0.25, -0.2) is 8.78 Å². The number of aliphatic hydroxyl groups is 1. The van der Waals surface area contributed by atoms with Gasteiger partial charge in [-0.2, -0.15) is 13.2 Å². The van der Waals surface area contributed by atoms with E-state index in [9.17, 15) is 22.0 Å². The van der Waals surface area contributed by atoms with Crippen LogP contribution in [0.3, 0.4) is 0 Å². The van der Waals surface area contributed by atoms with Gasteiger partial charge in [-0.1, -0.05) is 0 Å². The fraction of sp³-hybridized carbons (Fsp3) is 0.333. The maximum atomic E-state index is 12.2. The summed E-state index contributed by atoms with van der Waals surface area (Å²) in [5.41, 5.74) is 0. The maximum absolute atomic E-state index is 12.2. The van der Waals surface area contributed by atoms with Gasteiger partial charge in [-0.3, -0.25) is 0 Å². The molecule has 0 heterocycles. The number of aliphatic hydroxyl groups excluding tert-OH is 1. The van der Waals surface area contributed by atoms with E-state index >= 15 is 0 Å². The van der Waals surface area contributed by atoms with Crippen molar-refractivity contribution in [3.63, 3.8) is 0 Å². The molecule has 0 aromatic heterocycles. The molecule has 0 bridgehead atoms.